The van der Waals surface area contributed by atoms with Gasteiger partial charge in [-0.3, -0.25) is 9.97 Å². The number of hydrogen-bond acceptors (Lipinski definition) is 2. The molecule has 0 aromatic carbocycles. The Kier molecular flexibility index (Phi) is 3.19. The summed E-state index contributed by atoms with van der Waals surface area (Å²) in [7, 11) is 0. The van der Waals surface area contributed by atoms with Gasteiger partial charge in [0.15, 0.2) is 0 Å². The van der Waals surface area contributed by atoms with Crippen molar-refractivity contribution in [1.82, 2.24) is 9.97 Å². The standard InChI is InChI=1S/C11H8Cl2N2/c12-5-8-1-3-10(14-6-8)11-4-2-9(13)7-15-11/h1-4,6-7H,5H2. The van der Waals surface area contributed by atoms with E-state index in [0.29, 0.717) is 10.9 Å². The summed E-state index contributed by atoms with van der Waals surface area (Å²) in [5.74, 6) is 0.474. The van der Waals surface area contributed by atoms with E-state index >= 15 is 0 Å². The van der Waals surface area contributed by atoms with E-state index in [4.69, 9.17) is 23.2 Å². The molecule has 0 atom stereocenters. The Balaban J connectivity index is 2.33. The van der Waals surface area contributed by atoms with Crippen LogP contribution in [0, 0.1) is 0 Å². The summed E-state index contributed by atoms with van der Waals surface area (Å²) in [6, 6.07) is 7.46. The van der Waals surface area contributed by atoms with Gasteiger partial charge in [-0.2, -0.15) is 0 Å². The van der Waals surface area contributed by atoms with Crippen LogP contribution in [0.25, 0.3) is 11.4 Å². The lowest BCUT2D eigenvalue weighted by Crippen LogP contribution is -1.88. The maximum Gasteiger partial charge on any atom is 0.0887 e. The number of aromatic nitrogens is 2. The summed E-state index contributed by atoms with van der Waals surface area (Å²) in [4.78, 5) is 8.44. The van der Waals surface area contributed by atoms with Crippen LogP contribution in [0.2, 0.25) is 5.02 Å². The smallest absolute Gasteiger partial charge is 0.0887 e. The van der Waals surface area contributed by atoms with Crippen LogP contribution in [0.3, 0.4) is 0 Å². The Labute approximate surface area is 97.9 Å². The molecule has 0 aliphatic heterocycles. The largest absolute Gasteiger partial charge is 0.254 e. The SMILES string of the molecule is ClCc1ccc(-c2ccc(Cl)cn2)nc1. The molecular formula is C11H8Cl2N2. The van der Waals surface area contributed by atoms with Crippen molar-refractivity contribution < 1.29 is 0 Å². The van der Waals surface area contributed by atoms with Gasteiger partial charge < -0.3 is 0 Å². The molecule has 0 bridgehead atoms. The molecule has 0 saturated carbocycles. The summed E-state index contributed by atoms with van der Waals surface area (Å²) < 4.78 is 0. The Hall–Kier alpha value is -1.12. The minimum Gasteiger partial charge on any atom is -0.254 e. The molecule has 4 heteroatoms. The van der Waals surface area contributed by atoms with Gasteiger partial charge in [0.2, 0.25) is 0 Å². The maximum atomic E-state index is 5.75. The molecule has 2 rings (SSSR count). The summed E-state index contributed by atoms with van der Waals surface area (Å²) >= 11 is 11.4. The van der Waals surface area contributed by atoms with E-state index in [1.54, 1.807) is 18.5 Å². The van der Waals surface area contributed by atoms with E-state index < -0.39 is 0 Å². The van der Waals surface area contributed by atoms with Crippen molar-refractivity contribution in [3.05, 3.63) is 47.2 Å². The number of nitrogens with zero attached hydrogens (tertiary/aromatic N) is 2. The molecule has 2 aromatic rings. The minimum atomic E-state index is 0.474. The number of rotatable bonds is 2. The van der Waals surface area contributed by atoms with E-state index in [2.05, 4.69) is 9.97 Å². The van der Waals surface area contributed by atoms with Crippen LogP contribution < -0.4 is 0 Å². The molecule has 0 radical (unpaired) electrons. The molecule has 0 aliphatic carbocycles. The van der Waals surface area contributed by atoms with Crippen molar-refractivity contribution >= 4 is 23.2 Å². The molecule has 0 N–H and O–H groups in total. The molecule has 2 aromatic heterocycles. The van der Waals surface area contributed by atoms with Gasteiger partial charge in [-0.25, -0.2) is 0 Å². The fourth-order valence-electron chi connectivity index (χ4n) is 1.18. The van der Waals surface area contributed by atoms with Gasteiger partial charge in [0, 0.05) is 18.3 Å². The second-order valence-corrected chi connectivity index (χ2v) is 3.75. The van der Waals surface area contributed by atoms with Crippen LogP contribution in [0.1, 0.15) is 5.56 Å². The molecule has 0 saturated heterocycles. The lowest BCUT2D eigenvalue weighted by Gasteiger charge is -2.00. The highest BCUT2D eigenvalue weighted by Crippen LogP contribution is 2.16. The highest BCUT2D eigenvalue weighted by atomic mass is 35.5. The maximum absolute atomic E-state index is 5.75. The number of hydrogen-bond donors (Lipinski definition) is 0. The lowest BCUT2D eigenvalue weighted by molar-refractivity contribution is 1.21. The van der Waals surface area contributed by atoms with Gasteiger partial charge in [-0.15, -0.1) is 11.6 Å². The normalized spacial score (nSPS) is 10.3. The predicted molar refractivity (Wildman–Crippen MR) is 62.0 cm³/mol. The van der Waals surface area contributed by atoms with Crippen molar-refractivity contribution in [2.24, 2.45) is 0 Å². The Morgan fingerprint density at radius 2 is 1.60 bits per heavy atom. The van der Waals surface area contributed by atoms with Crippen LogP contribution in [0.15, 0.2) is 36.7 Å². The molecular weight excluding hydrogens is 231 g/mol. The van der Waals surface area contributed by atoms with Crippen LogP contribution in [-0.4, -0.2) is 9.97 Å². The zero-order chi connectivity index (χ0) is 10.7. The Morgan fingerprint density at radius 1 is 0.933 bits per heavy atom. The molecule has 15 heavy (non-hydrogen) atoms. The number of pyridine rings is 2. The van der Waals surface area contributed by atoms with Gasteiger partial charge in [-0.05, 0) is 23.8 Å². The van der Waals surface area contributed by atoms with E-state index in [1.807, 2.05) is 18.2 Å². The zero-order valence-corrected chi connectivity index (χ0v) is 9.33. The molecule has 0 aliphatic rings. The third kappa shape index (κ3) is 2.46. The molecule has 0 unspecified atom stereocenters. The van der Waals surface area contributed by atoms with Gasteiger partial charge in [0.1, 0.15) is 0 Å². The third-order valence-corrected chi connectivity index (χ3v) is 2.50. The quantitative estimate of drug-likeness (QED) is 0.749. The van der Waals surface area contributed by atoms with Gasteiger partial charge in [0.05, 0.1) is 16.4 Å². The summed E-state index contributed by atoms with van der Waals surface area (Å²) in [6.45, 7) is 0. The summed E-state index contributed by atoms with van der Waals surface area (Å²) in [6.07, 6.45) is 3.35. The first-order valence-corrected chi connectivity index (χ1v) is 5.33. The zero-order valence-electron chi connectivity index (χ0n) is 7.82. The van der Waals surface area contributed by atoms with Crippen LogP contribution >= 0.6 is 23.2 Å². The van der Waals surface area contributed by atoms with E-state index in [0.717, 1.165) is 17.0 Å². The fraction of sp³-hybridized carbons (Fsp3) is 0.0909. The van der Waals surface area contributed by atoms with Crippen LogP contribution in [0.4, 0.5) is 0 Å². The van der Waals surface area contributed by atoms with E-state index in [1.165, 1.54) is 0 Å². The second-order valence-electron chi connectivity index (χ2n) is 3.05. The Bertz CT molecular complexity index is 437. The molecule has 76 valence electrons. The Morgan fingerprint density at radius 3 is 2.07 bits per heavy atom. The van der Waals surface area contributed by atoms with E-state index in [9.17, 15) is 0 Å². The fourth-order valence-corrected chi connectivity index (χ4v) is 1.45. The molecule has 0 amide bonds. The van der Waals surface area contributed by atoms with Gasteiger partial charge in [-0.1, -0.05) is 17.7 Å². The first kappa shape index (κ1) is 10.4. The third-order valence-electron chi connectivity index (χ3n) is 1.97. The monoisotopic (exact) mass is 238 g/mol. The van der Waals surface area contributed by atoms with Crippen LogP contribution in [0.5, 0.6) is 0 Å². The highest BCUT2D eigenvalue weighted by Gasteiger charge is 2.00. The number of halogens is 2. The first-order valence-electron chi connectivity index (χ1n) is 4.42. The molecule has 2 nitrogen and oxygen atoms in total. The van der Waals surface area contributed by atoms with Crippen LogP contribution in [-0.2, 0) is 5.88 Å². The van der Waals surface area contributed by atoms with E-state index in [-0.39, 0.29) is 0 Å². The summed E-state index contributed by atoms with van der Waals surface area (Å²) in [5.41, 5.74) is 2.62. The molecule has 0 spiro atoms. The molecule has 2 heterocycles. The predicted octanol–water partition coefficient (Wildman–Crippen LogP) is 3.54. The summed E-state index contributed by atoms with van der Waals surface area (Å²) in [5, 5.41) is 0.621. The van der Waals surface area contributed by atoms with Crippen molar-refractivity contribution in [2.75, 3.05) is 0 Å². The average Bonchev–Trinajstić information content (AvgIpc) is 2.30. The second kappa shape index (κ2) is 4.60. The average molecular weight is 239 g/mol. The lowest BCUT2D eigenvalue weighted by atomic mass is 10.2. The highest BCUT2D eigenvalue weighted by molar-refractivity contribution is 6.30. The first-order chi connectivity index (χ1) is 7.29. The van der Waals surface area contributed by atoms with Gasteiger partial charge in [0.25, 0.3) is 0 Å². The van der Waals surface area contributed by atoms with Crippen molar-refractivity contribution in [3.8, 4) is 11.4 Å². The van der Waals surface area contributed by atoms with Crippen molar-refractivity contribution in [1.29, 1.82) is 0 Å². The minimum absolute atomic E-state index is 0.474. The topological polar surface area (TPSA) is 25.8 Å². The number of alkyl halides is 1. The van der Waals surface area contributed by atoms with Gasteiger partial charge >= 0.3 is 0 Å². The van der Waals surface area contributed by atoms with Crippen molar-refractivity contribution in [2.45, 2.75) is 5.88 Å². The molecule has 0 fully saturated rings. The van der Waals surface area contributed by atoms with Crippen molar-refractivity contribution in [3.63, 3.8) is 0 Å².